The first-order valence-electron chi connectivity index (χ1n) is 16.2. The molecule has 0 saturated carbocycles. The lowest BCUT2D eigenvalue weighted by molar-refractivity contribution is -0.0579. The molecule has 0 spiro atoms. The molecule has 252 valence electrons. The number of pyridine rings is 1. The summed E-state index contributed by atoms with van der Waals surface area (Å²) in [5, 5.41) is 28.7. The van der Waals surface area contributed by atoms with Crippen LogP contribution in [0, 0.1) is 11.8 Å². The normalized spacial score (nSPS) is 22.6. The minimum Gasteiger partial charge on any atom is -0.508 e. The van der Waals surface area contributed by atoms with E-state index in [2.05, 4.69) is 16.7 Å². The number of hydrogen-bond donors (Lipinski definition) is 2. The standard InChI is InChI=1S/C38H38N4O7/c1-5-16-42(4)31-26-18-24-17-25-29(27(19-39-36(25)41(2)3)47-20-22-12-8-6-9-13-22)32(43)28(24)34(44)38(26,46)35(45)30-33(31)49-40-37(30)48-21-23-14-10-7-11-15-23/h5-15,19,24,26,31,44,46H,1,16-18,20-21H2,2-4H3/t24-,26-,31-,38-/m0/s1. The van der Waals surface area contributed by atoms with Gasteiger partial charge in [-0.1, -0.05) is 66.7 Å². The average molecular weight is 663 g/mol. The van der Waals surface area contributed by atoms with Gasteiger partial charge in [-0.05, 0) is 42.1 Å². The van der Waals surface area contributed by atoms with Gasteiger partial charge >= 0.3 is 0 Å². The van der Waals surface area contributed by atoms with Crippen LogP contribution in [0.15, 0.2) is 95.4 Å². The van der Waals surface area contributed by atoms with E-state index >= 15 is 0 Å². The number of aliphatic hydroxyl groups is 2. The van der Waals surface area contributed by atoms with Gasteiger partial charge in [-0.15, -0.1) is 6.58 Å². The van der Waals surface area contributed by atoms with Gasteiger partial charge in [0.15, 0.2) is 17.1 Å². The number of ketones is 2. The molecule has 0 saturated heterocycles. The van der Waals surface area contributed by atoms with Crippen LogP contribution in [0.3, 0.4) is 0 Å². The number of aliphatic hydroxyl groups excluding tert-OH is 1. The van der Waals surface area contributed by atoms with Crippen molar-refractivity contribution in [2.24, 2.45) is 11.8 Å². The molecule has 11 heteroatoms. The molecule has 4 aromatic rings. The quantitative estimate of drug-likeness (QED) is 0.215. The minimum atomic E-state index is -2.45. The predicted molar refractivity (Wildman–Crippen MR) is 181 cm³/mol. The maximum Gasteiger partial charge on any atom is 0.265 e. The van der Waals surface area contributed by atoms with Crippen molar-refractivity contribution < 1.29 is 33.8 Å². The van der Waals surface area contributed by atoms with Gasteiger partial charge in [0.25, 0.3) is 5.88 Å². The molecule has 3 aliphatic carbocycles. The van der Waals surface area contributed by atoms with Gasteiger partial charge in [-0.2, -0.15) is 0 Å². The van der Waals surface area contributed by atoms with E-state index in [-0.39, 0.29) is 53.7 Å². The van der Waals surface area contributed by atoms with Crippen LogP contribution in [-0.4, -0.2) is 70.1 Å². The first-order chi connectivity index (χ1) is 23.6. The maximum atomic E-state index is 14.6. The number of benzene rings is 2. The summed E-state index contributed by atoms with van der Waals surface area (Å²) in [4.78, 5) is 37.4. The summed E-state index contributed by atoms with van der Waals surface area (Å²) in [6, 6.07) is 18.2. The van der Waals surface area contributed by atoms with Crippen molar-refractivity contribution in [1.29, 1.82) is 0 Å². The summed E-state index contributed by atoms with van der Waals surface area (Å²) in [5.74, 6) is -2.40. The second kappa shape index (κ2) is 12.6. The van der Waals surface area contributed by atoms with Crippen LogP contribution >= 0.6 is 0 Å². The molecular weight excluding hydrogens is 624 g/mol. The number of ether oxygens (including phenoxy) is 2. The molecule has 0 amide bonds. The summed E-state index contributed by atoms with van der Waals surface area (Å²) < 4.78 is 18.0. The number of nitrogens with zero attached hydrogens (tertiary/aromatic N) is 4. The number of Topliss-reactive ketones (excluding diaryl/α,β-unsaturated/α-hetero) is 2. The van der Waals surface area contributed by atoms with Crippen molar-refractivity contribution >= 4 is 17.4 Å². The number of anilines is 1. The summed E-state index contributed by atoms with van der Waals surface area (Å²) >= 11 is 0. The summed E-state index contributed by atoms with van der Waals surface area (Å²) in [5.41, 5.74) is 0.174. The molecule has 2 aromatic heterocycles. The number of likely N-dealkylation sites (N-methyl/N-ethyl adjacent to an activating group) is 1. The van der Waals surface area contributed by atoms with Crippen molar-refractivity contribution in [1.82, 2.24) is 15.0 Å². The van der Waals surface area contributed by atoms with Crippen LogP contribution in [0.1, 0.15) is 55.6 Å². The lowest BCUT2D eigenvalue weighted by Crippen LogP contribution is -2.59. The molecule has 0 fully saturated rings. The molecule has 7 rings (SSSR count). The van der Waals surface area contributed by atoms with E-state index < -0.39 is 40.8 Å². The Hall–Kier alpha value is -5.26. The van der Waals surface area contributed by atoms with Crippen LogP contribution in [0.2, 0.25) is 0 Å². The molecule has 2 aromatic carbocycles. The zero-order valence-corrected chi connectivity index (χ0v) is 27.6. The fraction of sp³-hybridized carbons (Fsp3) is 0.316. The first kappa shape index (κ1) is 32.3. The maximum absolute atomic E-state index is 14.6. The highest BCUT2D eigenvalue weighted by atomic mass is 16.5. The molecule has 0 aliphatic heterocycles. The zero-order valence-electron chi connectivity index (χ0n) is 27.6. The first-order valence-corrected chi connectivity index (χ1v) is 16.2. The van der Waals surface area contributed by atoms with E-state index in [1.54, 1.807) is 6.08 Å². The predicted octanol–water partition coefficient (Wildman–Crippen LogP) is 5.27. The second-order valence-corrected chi connectivity index (χ2v) is 13.1. The van der Waals surface area contributed by atoms with Gasteiger partial charge < -0.3 is 29.1 Å². The molecule has 4 atom stereocenters. The van der Waals surface area contributed by atoms with Gasteiger partial charge in [-0.3, -0.25) is 14.5 Å². The number of allylic oxidation sites excluding steroid dienone is 1. The Morgan fingerprint density at radius 1 is 1.00 bits per heavy atom. The van der Waals surface area contributed by atoms with E-state index in [1.807, 2.05) is 91.6 Å². The highest BCUT2D eigenvalue weighted by Crippen LogP contribution is 2.57. The number of hydrogen-bond acceptors (Lipinski definition) is 11. The largest absolute Gasteiger partial charge is 0.508 e. The average Bonchev–Trinajstić information content (AvgIpc) is 3.52. The topological polar surface area (TPSA) is 138 Å². The van der Waals surface area contributed by atoms with Crippen LogP contribution < -0.4 is 14.4 Å². The Bertz CT molecular complexity index is 1960. The van der Waals surface area contributed by atoms with E-state index in [0.29, 0.717) is 24.3 Å². The van der Waals surface area contributed by atoms with E-state index in [9.17, 15) is 19.8 Å². The third kappa shape index (κ3) is 5.30. The summed E-state index contributed by atoms with van der Waals surface area (Å²) in [7, 11) is 5.52. The van der Waals surface area contributed by atoms with Crippen molar-refractivity contribution in [3.05, 3.63) is 124 Å². The van der Waals surface area contributed by atoms with Crippen LogP contribution in [0.25, 0.3) is 0 Å². The molecule has 49 heavy (non-hydrogen) atoms. The third-order valence-electron chi connectivity index (χ3n) is 9.83. The van der Waals surface area contributed by atoms with Gasteiger partial charge in [-0.25, -0.2) is 4.98 Å². The van der Waals surface area contributed by atoms with Crippen molar-refractivity contribution in [2.45, 2.75) is 37.7 Å². The molecule has 0 radical (unpaired) electrons. The van der Waals surface area contributed by atoms with Crippen LogP contribution in [0.4, 0.5) is 5.82 Å². The Morgan fingerprint density at radius 2 is 1.65 bits per heavy atom. The highest BCUT2D eigenvalue weighted by Gasteiger charge is 2.64. The zero-order chi connectivity index (χ0) is 34.4. The minimum absolute atomic E-state index is 0.00292. The summed E-state index contributed by atoms with van der Waals surface area (Å²) in [6.07, 6.45) is 3.74. The van der Waals surface area contributed by atoms with Crippen LogP contribution in [0.5, 0.6) is 11.6 Å². The summed E-state index contributed by atoms with van der Waals surface area (Å²) in [6.45, 7) is 4.55. The van der Waals surface area contributed by atoms with Crippen molar-refractivity contribution in [2.75, 3.05) is 32.6 Å². The van der Waals surface area contributed by atoms with E-state index in [0.717, 1.165) is 11.1 Å². The Morgan fingerprint density at radius 3 is 2.29 bits per heavy atom. The highest BCUT2D eigenvalue weighted by molar-refractivity contribution is 6.16. The number of carbonyl (C=O) groups is 2. The monoisotopic (exact) mass is 662 g/mol. The van der Waals surface area contributed by atoms with Crippen molar-refractivity contribution in [3.8, 4) is 11.6 Å². The van der Waals surface area contributed by atoms with Gasteiger partial charge in [0.05, 0.1) is 17.8 Å². The fourth-order valence-electron chi connectivity index (χ4n) is 7.58. The van der Waals surface area contributed by atoms with E-state index in [1.165, 1.54) is 6.20 Å². The molecular formula is C38H38N4O7. The molecule has 0 bridgehead atoms. The number of fused-ring (bicyclic) bond motifs is 4. The molecule has 0 unspecified atom stereocenters. The van der Waals surface area contributed by atoms with Crippen LogP contribution in [-0.2, 0) is 19.6 Å². The molecule has 11 nitrogen and oxygen atoms in total. The fourth-order valence-corrected chi connectivity index (χ4v) is 7.58. The lowest BCUT2D eigenvalue weighted by Gasteiger charge is -2.49. The Kier molecular flexibility index (Phi) is 8.33. The number of aromatic nitrogens is 2. The van der Waals surface area contributed by atoms with Gasteiger partial charge in [0, 0.05) is 37.7 Å². The van der Waals surface area contributed by atoms with Crippen molar-refractivity contribution in [3.63, 3.8) is 0 Å². The smallest absolute Gasteiger partial charge is 0.265 e. The Labute approximate surface area is 284 Å². The number of carbonyl (C=O) groups excluding carboxylic acids is 2. The third-order valence-corrected chi connectivity index (χ3v) is 9.83. The molecule has 2 N–H and O–H groups in total. The number of rotatable bonds is 10. The van der Waals surface area contributed by atoms with Gasteiger partial charge in [0.2, 0.25) is 5.78 Å². The SMILES string of the molecule is C=CCN(C)[C@@H]1c2onc(OCc3ccccc3)c2C(=O)[C@@]2(O)C(O)=C3C(=O)c4c(OCc5ccccc5)cnc(N(C)C)c4C[C@H]3C[C@@H]12. The molecule has 3 aliphatic rings. The second-order valence-electron chi connectivity index (χ2n) is 13.1. The van der Waals surface area contributed by atoms with Gasteiger partial charge in [0.1, 0.15) is 36.1 Å². The lowest BCUT2D eigenvalue weighted by atomic mass is 9.58. The molecule has 2 heterocycles. The van der Waals surface area contributed by atoms with E-state index in [4.69, 9.17) is 14.0 Å². The Balaban J connectivity index is 1.33.